The van der Waals surface area contributed by atoms with Gasteiger partial charge >= 0.3 is 0 Å². The number of rotatable bonds is 2. The van der Waals surface area contributed by atoms with E-state index in [-0.39, 0.29) is 16.1 Å². The summed E-state index contributed by atoms with van der Waals surface area (Å²) in [4.78, 5) is 0. The van der Waals surface area contributed by atoms with E-state index in [0.717, 1.165) is 12.8 Å². The highest BCUT2D eigenvalue weighted by Gasteiger charge is 2.58. The van der Waals surface area contributed by atoms with Gasteiger partial charge in [0.15, 0.2) is 0 Å². The van der Waals surface area contributed by atoms with E-state index in [1.54, 1.807) is 0 Å². The lowest BCUT2D eigenvalue weighted by Crippen LogP contribution is -2.53. The summed E-state index contributed by atoms with van der Waals surface area (Å²) in [6.07, 6.45) is 11.3. The highest BCUT2D eigenvalue weighted by atomic mass is 14.6. The first kappa shape index (κ1) is 18.1. The summed E-state index contributed by atoms with van der Waals surface area (Å²) in [5.41, 5.74) is 3.74. The molecule has 0 radical (unpaired) electrons. The van der Waals surface area contributed by atoms with E-state index in [0.29, 0.717) is 11.8 Å². The summed E-state index contributed by atoms with van der Waals surface area (Å²) >= 11 is 0. The van der Waals surface area contributed by atoms with Crippen LogP contribution in [0.5, 0.6) is 0 Å². The van der Waals surface area contributed by atoms with E-state index in [1.165, 1.54) is 16.7 Å². The van der Waals surface area contributed by atoms with Crippen LogP contribution < -0.4 is 0 Å². The van der Waals surface area contributed by atoms with Crippen LogP contribution in [-0.2, 0) is 0 Å². The van der Waals surface area contributed by atoms with Crippen molar-refractivity contribution in [1.29, 1.82) is 0 Å². The van der Waals surface area contributed by atoms with Gasteiger partial charge in [0.2, 0.25) is 0 Å². The average Bonchev–Trinajstić information content (AvgIpc) is 2.47. The first-order valence-corrected chi connectivity index (χ1v) is 8.88. The van der Waals surface area contributed by atoms with Crippen LogP contribution in [0.3, 0.4) is 0 Å². The molecule has 0 aromatic heterocycles. The maximum atomic E-state index is 4.51. The van der Waals surface area contributed by atoms with Crippen LogP contribution in [0.15, 0.2) is 60.8 Å². The molecule has 0 amide bonds. The van der Waals surface area contributed by atoms with Crippen molar-refractivity contribution in [3.8, 4) is 0 Å². The lowest BCUT2D eigenvalue weighted by Gasteiger charge is -2.62. The van der Waals surface area contributed by atoms with Gasteiger partial charge in [0, 0.05) is 10.8 Å². The van der Waals surface area contributed by atoms with Crippen LogP contribution in [0.1, 0.15) is 47.5 Å². The van der Waals surface area contributed by atoms with Gasteiger partial charge < -0.3 is 0 Å². The zero-order valence-electron chi connectivity index (χ0n) is 16.0. The van der Waals surface area contributed by atoms with Gasteiger partial charge in [-0.1, -0.05) is 74.7 Å². The van der Waals surface area contributed by atoms with Crippen molar-refractivity contribution in [1.82, 2.24) is 0 Å². The molecule has 0 spiro atoms. The Morgan fingerprint density at radius 3 is 2.35 bits per heavy atom. The number of hydrogen-bond donors (Lipinski definition) is 0. The van der Waals surface area contributed by atoms with Crippen molar-refractivity contribution in [3.63, 3.8) is 0 Å². The van der Waals surface area contributed by atoms with E-state index in [4.69, 9.17) is 0 Å². The Morgan fingerprint density at radius 2 is 1.83 bits per heavy atom. The van der Waals surface area contributed by atoms with Gasteiger partial charge in [-0.2, -0.15) is 0 Å². The largest absolute Gasteiger partial charge is 0.109 e. The van der Waals surface area contributed by atoms with Crippen LogP contribution in [-0.4, -0.2) is 7.85 Å². The van der Waals surface area contributed by atoms with E-state index in [9.17, 15) is 0 Å². The number of fused-ring (bicyclic) bond motifs is 2. The molecule has 2 aliphatic rings. The molecule has 2 rings (SSSR count). The average molecular weight is 308 g/mol. The second kappa shape index (κ2) is 5.69. The molecule has 0 saturated heterocycles. The third-order valence-electron chi connectivity index (χ3n) is 7.02. The predicted molar refractivity (Wildman–Crippen MR) is 106 cm³/mol. The lowest BCUT2D eigenvalue weighted by molar-refractivity contribution is 0.0565. The minimum absolute atomic E-state index is 0.0295. The molecule has 0 heterocycles. The van der Waals surface area contributed by atoms with Gasteiger partial charge in [-0.15, -0.1) is 6.58 Å². The van der Waals surface area contributed by atoms with Gasteiger partial charge in [0.1, 0.15) is 7.85 Å². The maximum Gasteiger partial charge on any atom is 0.109 e. The molecule has 0 N–H and O–H groups in total. The van der Waals surface area contributed by atoms with Crippen LogP contribution in [0.4, 0.5) is 0 Å². The lowest BCUT2D eigenvalue weighted by atomic mass is 9.36. The predicted octanol–water partition coefficient (Wildman–Crippen LogP) is 5.67. The van der Waals surface area contributed by atoms with Crippen LogP contribution in [0.2, 0.25) is 5.31 Å². The second-order valence-corrected chi connectivity index (χ2v) is 8.63. The molecular formula is C22H33B. The maximum absolute atomic E-state index is 4.51. The molecule has 1 heteroatoms. The summed E-state index contributed by atoms with van der Waals surface area (Å²) in [6, 6.07) is 0. The Balaban J connectivity index is 2.82. The van der Waals surface area contributed by atoms with Crippen molar-refractivity contribution in [2.45, 2.75) is 52.8 Å². The minimum atomic E-state index is -0.139. The van der Waals surface area contributed by atoms with Crippen molar-refractivity contribution >= 4 is 7.85 Å². The minimum Gasteiger partial charge on any atom is -0.102 e. The van der Waals surface area contributed by atoms with Crippen molar-refractivity contribution < 1.29 is 0 Å². The summed E-state index contributed by atoms with van der Waals surface area (Å²) in [5, 5.41) is 0.193. The van der Waals surface area contributed by atoms with Gasteiger partial charge in [-0.25, -0.2) is 0 Å². The van der Waals surface area contributed by atoms with Gasteiger partial charge in [0.25, 0.3) is 0 Å². The fraction of sp³-hybridized carbons (Fsp3) is 0.545. The topological polar surface area (TPSA) is 0 Å². The zero-order chi connectivity index (χ0) is 17.6. The monoisotopic (exact) mass is 308 g/mol. The van der Waals surface area contributed by atoms with Crippen molar-refractivity contribution in [2.24, 2.45) is 22.7 Å². The molecule has 0 aliphatic heterocycles. The van der Waals surface area contributed by atoms with Crippen molar-refractivity contribution in [3.05, 3.63) is 60.8 Å². The molecule has 5 atom stereocenters. The summed E-state index contributed by atoms with van der Waals surface area (Å²) in [5.74, 6) is 1.03. The molecular weight excluding hydrogens is 275 g/mol. The number of allylic oxidation sites excluding steroid dienone is 7. The third kappa shape index (κ3) is 2.44. The fourth-order valence-electron chi connectivity index (χ4n) is 5.62. The third-order valence-corrected chi connectivity index (χ3v) is 7.02. The van der Waals surface area contributed by atoms with Crippen LogP contribution in [0, 0.1) is 22.7 Å². The van der Waals surface area contributed by atoms with Gasteiger partial charge in [-0.05, 0) is 44.1 Å². The summed E-state index contributed by atoms with van der Waals surface area (Å²) in [7, 11) is 2.44. The Hall–Kier alpha value is -1.24. The molecule has 2 bridgehead atoms. The molecule has 0 aromatic carbocycles. The molecule has 0 nitrogen and oxygen atoms in total. The zero-order valence-corrected chi connectivity index (χ0v) is 16.0. The Labute approximate surface area is 144 Å². The molecule has 23 heavy (non-hydrogen) atoms. The molecule has 1 fully saturated rings. The Bertz CT molecular complexity index is 603. The van der Waals surface area contributed by atoms with E-state index < -0.39 is 0 Å². The molecule has 2 aliphatic carbocycles. The van der Waals surface area contributed by atoms with Crippen LogP contribution >= 0.6 is 0 Å². The molecule has 5 unspecified atom stereocenters. The smallest absolute Gasteiger partial charge is 0.102 e. The summed E-state index contributed by atoms with van der Waals surface area (Å²) < 4.78 is 0. The highest BCUT2D eigenvalue weighted by molar-refractivity contribution is 6.15. The molecule has 0 aromatic rings. The number of hydrogen-bond acceptors (Lipinski definition) is 0. The first-order valence-electron chi connectivity index (χ1n) is 8.88. The van der Waals surface area contributed by atoms with E-state index >= 15 is 0 Å². The van der Waals surface area contributed by atoms with Crippen molar-refractivity contribution in [2.75, 3.05) is 0 Å². The molecule has 1 saturated carbocycles. The molecule has 124 valence electrons. The standard InChI is InChI=1S/C22H33B/c1-9-13-21(7)16(4)14-18-12-11-15(3)17(5)20(6,10-2)19(21)22(18,8)23/h9-11,13,18-19H,2,4-5,12,14,23H2,1,3,6-8H3/b13-9-,15-11+. The Morgan fingerprint density at radius 1 is 1.22 bits per heavy atom. The fourth-order valence-corrected chi connectivity index (χ4v) is 5.62. The Kier molecular flexibility index (Phi) is 4.48. The van der Waals surface area contributed by atoms with Gasteiger partial charge in [0.05, 0.1) is 0 Å². The summed E-state index contributed by atoms with van der Waals surface area (Å²) in [6.45, 7) is 24.7. The first-order chi connectivity index (χ1) is 10.6. The highest BCUT2D eigenvalue weighted by Crippen LogP contribution is 2.68. The SMILES string of the molecule is BC1(C)C2C/C=C(\C)C(=C)C(C)(C=C)C1C(C)(/C=C\C)C(=C)C2. The quantitative estimate of drug-likeness (QED) is 0.455. The normalized spacial score (nSPS) is 46.9. The van der Waals surface area contributed by atoms with Crippen LogP contribution in [0.25, 0.3) is 0 Å². The van der Waals surface area contributed by atoms with E-state index in [2.05, 4.69) is 86.5 Å². The van der Waals surface area contributed by atoms with E-state index in [1.807, 2.05) is 0 Å². The van der Waals surface area contributed by atoms with Gasteiger partial charge in [-0.3, -0.25) is 0 Å². The second-order valence-electron chi connectivity index (χ2n) is 8.63.